The number of hydrazine groups is 1. The van der Waals surface area contributed by atoms with Gasteiger partial charge in [0.25, 0.3) is 17.7 Å². The lowest BCUT2D eigenvalue weighted by atomic mass is 10.2. The quantitative estimate of drug-likeness (QED) is 0.556. The molecule has 3 rings (SSSR count). The van der Waals surface area contributed by atoms with Crippen molar-refractivity contribution in [2.45, 2.75) is 17.7 Å². The van der Waals surface area contributed by atoms with Gasteiger partial charge in [-0.3, -0.25) is 25.2 Å². The van der Waals surface area contributed by atoms with E-state index in [2.05, 4.69) is 16.2 Å². The second-order valence-corrected chi connectivity index (χ2v) is 9.15. The average molecular weight is 465 g/mol. The molecule has 2 aromatic carbocycles. The van der Waals surface area contributed by atoms with Crippen molar-refractivity contribution in [2.75, 3.05) is 19.6 Å². The summed E-state index contributed by atoms with van der Waals surface area (Å²) in [4.78, 5) is 36.2. The number of nitrogens with zero attached hydrogens (tertiary/aromatic N) is 1. The lowest BCUT2D eigenvalue weighted by Gasteiger charge is -2.15. The van der Waals surface area contributed by atoms with Gasteiger partial charge in [-0.05, 0) is 49.2 Å². The van der Waals surface area contributed by atoms with Crippen LogP contribution in [0.2, 0.25) is 5.02 Å². The monoisotopic (exact) mass is 464 g/mol. The van der Waals surface area contributed by atoms with Crippen LogP contribution in [0.25, 0.3) is 0 Å². The first-order valence-corrected chi connectivity index (χ1v) is 11.3. The molecule has 31 heavy (non-hydrogen) atoms. The van der Waals surface area contributed by atoms with E-state index >= 15 is 0 Å². The molecule has 0 bridgehead atoms. The third-order valence-corrected chi connectivity index (χ3v) is 6.91. The van der Waals surface area contributed by atoms with Gasteiger partial charge in [0.2, 0.25) is 10.0 Å². The number of hydrogen-bond donors (Lipinski definition) is 3. The smallest absolute Gasteiger partial charge is 0.269 e. The summed E-state index contributed by atoms with van der Waals surface area (Å²) in [6.45, 7) is 0.602. The highest BCUT2D eigenvalue weighted by Crippen LogP contribution is 2.21. The highest BCUT2D eigenvalue weighted by atomic mass is 35.5. The summed E-state index contributed by atoms with van der Waals surface area (Å²) in [7, 11) is -3.57. The summed E-state index contributed by atoms with van der Waals surface area (Å²) in [5, 5.41) is 2.65. The first kappa shape index (κ1) is 22.7. The number of amides is 3. The Balaban J connectivity index is 1.49. The van der Waals surface area contributed by atoms with Crippen LogP contribution in [-0.4, -0.2) is 50.1 Å². The molecule has 0 atom stereocenters. The largest absolute Gasteiger partial charge is 0.343 e. The number of halogens is 1. The topological polar surface area (TPSA) is 125 Å². The van der Waals surface area contributed by atoms with Gasteiger partial charge in [0.1, 0.15) is 0 Å². The Labute approximate surface area is 184 Å². The van der Waals surface area contributed by atoms with E-state index in [0.717, 1.165) is 12.8 Å². The molecule has 11 heteroatoms. The number of sulfonamides is 1. The summed E-state index contributed by atoms with van der Waals surface area (Å²) in [5.41, 5.74) is 4.78. The lowest BCUT2D eigenvalue weighted by molar-refractivity contribution is -0.120. The molecular formula is C20H21ClN4O5S. The Kier molecular flexibility index (Phi) is 7.26. The van der Waals surface area contributed by atoms with Crippen LogP contribution in [0.5, 0.6) is 0 Å². The maximum atomic E-state index is 12.5. The number of rotatable bonds is 6. The summed E-state index contributed by atoms with van der Waals surface area (Å²) in [5.74, 6) is -1.81. The number of benzene rings is 2. The van der Waals surface area contributed by atoms with Crippen molar-refractivity contribution >= 4 is 39.3 Å². The molecule has 1 aliphatic rings. The van der Waals surface area contributed by atoms with Crippen molar-refractivity contribution in [3.05, 3.63) is 64.7 Å². The van der Waals surface area contributed by atoms with Crippen LogP contribution in [0.4, 0.5) is 0 Å². The minimum Gasteiger partial charge on any atom is -0.343 e. The first-order valence-electron chi connectivity index (χ1n) is 9.51. The molecule has 0 saturated carbocycles. The summed E-state index contributed by atoms with van der Waals surface area (Å²) in [6, 6.07) is 11.8. The maximum Gasteiger partial charge on any atom is 0.269 e. The number of carbonyl (C=O) groups excluding carboxylic acids is 3. The fraction of sp³-hybridized carbons (Fsp3) is 0.250. The van der Waals surface area contributed by atoms with Crippen LogP contribution in [0.1, 0.15) is 33.6 Å². The van der Waals surface area contributed by atoms with Crippen LogP contribution >= 0.6 is 11.6 Å². The third-order valence-electron chi connectivity index (χ3n) is 4.66. The summed E-state index contributed by atoms with van der Waals surface area (Å²) >= 11 is 5.92. The van der Waals surface area contributed by atoms with E-state index in [-0.39, 0.29) is 27.6 Å². The molecule has 3 amide bonds. The molecule has 9 nitrogen and oxygen atoms in total. The maximum absolute atomic E-state index is 12.5. The molecule has 164 valence electrons. The summed E-state index contributed by atoms with van der Waals surface area (Å²) in [6.07, 6.45) is 1.66. The predicted molar refractivity (Wildman–Crippen MR) is 114 cm³/mol. The molecule has 0 unspecified atom stereocenters. The molecule has 2 aromatic rings. The fourth-order valence-corrected chi connectivity index (χ4v) is 4.74. The van der Waals surface area contributed by atoms with Gasteiger partial charge >= 0.3 is 0 Å². The van der Waals surface area contributed by atoms with Crippen molar-refractivity contribution < 1.29 is 22.8 Å². The normalized spacial score (nSPS) is 14.1. The van der Waals surface area contributed by atoms with Crippen LogP contribution in [0.15, 0.2) is 53.4 Å². The second kappa shape index (κ2) is 9.90. The zero-order chi connectivity index (χ0) is 22.4. The van der Waals surface area contributed by atoms with Crippen molar-refractivity contribution in [2.24, 2.45) is 0 Å². The minimum atomic E-state index is -3.57. The molecule has 0 aliphatic carbocycles. The number of nitrogens with one attached hydrogen (secondary N) is 3. The van der Waals surface area contributed by atoms with E-state index in [4.69, 9.17) is 11.6 Å². The zero-order valence-electron chi connectivity index (χ0n) is 16.4. The van der Waals surface area contributed by atoms with Gasteiger partial charge in [-0.15, -0.1) is 0 Å². The van der Waals surface area contributed by atoms with Gasteiger partial charge in [-0.2, -0.15) is 4.31 Å². The fourth-order valence-electron chi connectivity index (χ4n) is 3.00. The molecule has 0 spiro atoms. The SMILES string of the molecule is O=C(CNC(=O)c1ccccc1Cl)NNC(=O)c1ccc(S(=O)(=O)N2CCCC2)cc1. The van der Waals surface area contributed by atoms with E-state index in [1.165, 1.54) is 34.6 Å². The number of carbonyl (C=O) groups is 3. The van der Waals surface area contributed by atoms with Crippen molar-refractivity contribution in [3.8, 4) is 0 Å². The Morgan fingerprint density at radius 3 is 2.19 bits per heavy atom. The molecular weight excluding hydrogens is 444 g/mol. The highest BCUT2D eigenvalue weighted by Gasteiger charge is 2.27. The molecule has 1 aliphatic heterocycles. The molecule has 3 N–H and O–H groups in total. The van der Waals surface area contributed by atoms with E-state index in [1.54, 1.807) is 18.2 Å². The van der Waals surface area contributed by atoms with E-state index in [1.807, 2.05) is 0 Å². The third kappa shape index (κ3) is 5.60. The van der Waals surface area contributed by atoms with Gasteiger partial charge in [0.05, 0.1) is 22.0 Å². The molecule has 1 saturated heterocycles. The molecule has 1 heterocycles. The second-order valence-electron chi connectivity index (χ2n) is 6.80. The lowest BCUT2D eigenvalue weighted by Crippen LogP contribution is -2.46. The Bertz CT molecular complexity index is 1080. The van der Waals surface area contributed by atoms with Gasteiger partial charge in [-0.1, -0.05) is 23.7 Å². The van der Waals surface area contributed by atoms with Crippen molar-refractivity contribution in [3.63, 3.8) is 0 Å². The summed E-state index contributed by atoms with van der Waals surface area (Å²) < 4.78 is 26.4. The predicted octanol–water partition coefficient (Wildman–Crippen LogP) is 1.32. The highest BCUT2D eigenvalue weighted by molar-refractivity contribution is 7.89. The van der Waals surface area contributed by atoms with Crippen LogP contribution in [0, 0.1) is 0 Å². The van der Waals surface area contributed by atoms with Crippen LogP contribution in [0.3, 0.4) is 0 Å². The number of hydrogen-bond acceptors (Lipinski definition) is 5. The molecule has 0 radical (unpaired) electrons. The Morgan fingerprint density at radius 2 is 1.55 bits per heavy atom. The average Bonchev–Trinajstić information content (AvgIpc) is 3.32. The van der Waals surface area contributed by atoms with Gasteiger partial charge in [-0.25, -0.2) is 8.42 Å². The first-order chi connectivity index (χ1) is 14.8. The Morgan fingerprint density at radius 1 is 0.903 bits per heavy atom. The van der Waals surface area contributed by atoms with E-state index < -0.39 is 27.7 Å². The van der Waals surface area contributed by atoms with Gasteiger partial charge in [0, 0.05) is 18.7 Å². The van der Waals surface area contributed by atoms with Crippen molar-refractivity contribution in [1.29, 1.82) is 0 Å². The Hall–Kier alpha value is -2.95. The van der Waals surface area contributed by atoms with Gasteiger partial charge in [0.15, 0.2) is 0 Å². The molecule has 0 aromatic heterocycles. The minimum absolute atomic E-state index is 0.109. The van der Waals surface area contributed by atoms with E-state index in [9.17, 15) is 22.8 Å². The van der Waals surface area contributed by atoms with E-state index in [0.29, 0.717) is 13.1 Å². The van der Waals surface area contributed by atoms with Crippen LogP contribution < -0.4 is 16.2 Å². The van der Waals surface area contributed by atoms with Crippen LogP contribution in [-0.2, 0) is 14.8 Å². The standard InChI is InChI=1S/C20H21ClN4O5S/c21-17-6-2-1-5-16(17)20(28)22-13-18(26)23-24-19(27)14-7-9-15(10-8-14)31(29,30)25-11-3-4-12-25/h1-2,5-10H,3-4,11-13H2,(H,22,28)(H,23,26)(H,24,27). The molecule has 1 fully saturated rings. The van der Waals surface area contributed by atoms with Gasteiger partial charge < -0.3 is 5.32 Å². The van der Waals surface area contributed by atoms with Crippen molar-refractivity contribution in [1.82, 2.24) is 20.5 Å². The zero-order valence-corrected chi connectivity index (χ0v) is 18.0.